The van der Waals surface area contributed by atoms with Crippen molar-refractivity contribution in [1.82, 2.24) is 10.3 Å². The molecule has 3 aromatic carbocycles. The van der Waals surface area contributed by atoms with Crippen LogP contribution in [0.15, 0.2) is 59.0 Å². The molecule has 10 heteroatoms. The van der Waals surface area contributed by atoms with Crippen molar-refractivity contribution in [1.29, 1.82) is 0 Å². The van der Waals surface area contributed by atoms with Crippen molar-refractivity contribution in [3.63, 3.8) is 0 Å². The van der Waals surface area contributed by atoms with Crippen LogP contribution in [0, 0.1) is 0 Å². The van der Waals surface area contributed by atoms with Gasteiger partial charge in [0.1, 0.15) is 5.52 Å². The molecule has 0 aliphatic carbocycles. The summed E-state index contributed by atoms with van der Waals surface area (Å²) in [6, 6.07) is 15.6. The zero-order chi connectivity index (χ0) is 24.2. The van der Waals surface area contributed by atoms with Gasteiger partial charge in [-0.05, 0) is 66.8 Å². The molecule has 0 radical (unpaired) electrons. The van der Waals surface area contributed by atoms with Gasteiger partial charge in [-0.15, -0.1) is 0 Å². The maximum absolute atomic E-state index is 12.8. The maximum atomic E-state index is 12.8. The third kappa shape index (κ3) is 4.90. The molecule has 1 aromatic heterocycles. The number of benzene rings is 3. The molecule has 0 saturated carbocycles. The standard InChI is InChI=1S/C24H20ClN3O5S/c1-30-19-10-14(11-20(31-2)21(19)32-3)22(29)28-24(34)26-16-8-9-18-17(12-16)27-23(33-18)13-4-6-15(25)7-5-13/h4-12H,1-3H3,(H2,26,28,29,34). The molecular weight excluding hydrogens is 478 g/mol. The van der Waals surface area contributed by atoms with E-state index in [1.807, 2.05) is 12.1 Å². The van der Waals surface area contributed by atoms with Gasteiger partial charge in [0, 0.05) is 21.8 Å². The van der Waals surface area contributed by atoms with Gasteiger partial charge in [-0.25, -0.2) is 4.98 Å². The lowest BCUT2D eigenvalue weighted by atomic mass is 10.1. The number of carbonyl (C=O) groups excluding carboxylic acids is 1. The van der Waals surface area contributed by atoms with Crippen LogP contribution in [-0.2, 0) is 0 Å². The molecule has 8 nitrogen and oxygen atoms in total. The number of carbonyl (C=O) groups is 1. The van der Waals surface area contributed by atoms with Gasteiger partial charge < -0.3 is 23.9 Å². The van der Waals surface area contributed by atoms with Gasteiger partial charge in [-0.2, -0.15) is 0 Å². The summed E-state index contributed by atoms with van der Waals surface area (Å²) in [5, 5.41) is 6.37. The van der Waals surface area contributed by atoms with Gasteiger partial charge in [0.05, 0.1) is 21.3 Å². The van der Waals surface area contributed by atoms with E-state index in [4.69, 9.17) is 42.4 Å². The molecule has 0 aliphatic rings. The molecule has 174 valence electrons. The first-order valence-corrected chi connectivity index (χ1v) is 10.8. The number of nitrogens with one attached hydrogen (secondary N) is 2. The first-order valence-electron chi connectivity index (χ1n) is 10.0. The molecule has 0 spiro atoms. The lowest BCUT2D eigenvalue weighted by Gasteiger charge is -2.14. The third-order valence-electron chi connectivity index (χ3n) is 4.89. The topological polar surface area (TPSA) is 94.9 Å². The summed E-state index contributed by atoms with van der Waals surface area (Å²) in [7, 11) is 4.44. The van der Waals surface area contributed by atoms with Crippen LogP contribution in [0.5, 0.6) is 17.2 Å². The number of thiocarbonyl (C=S) groups is 1. The number of aromatic nitrogens is 1. The first-order chi connectivity index (χ1) is 16.4. The van der Waals surface area contributed by atoms with Crippen LogP contribution in [0.4, 0.5) is 5.69 Å². The highest BCUT2D eigenvalue weighted by Crippen LogP contribution is 2.38. The van der Waals surface area contributed by atoms with Crippen LogP contribution < -0.4 is 24.8 Å². The zero-order valence-electron chi connectivity index (χ0n) is 18.5. The van der Waals surface area contributed by atoms with E-state index in [0.29, 0.717) is 50.5 Å². The number of oxazole rings is 1. The second-order valence-electron chi connectivity index (χ2n) is 7.03. The van der Waals surface area contributed by atoms with Crippen molar-refractivity contribution in [2.45, 2.75) is 0 Å². The molecule has 0 atom stereocenters. The Labute approximate surface area is 205 Å². The lowest BCUT2D eigenvalue weighted by molar-refractivity contribution is 0.0977. The minimum Gasteiger partial charge on any atom is -0.493 e. The molecule has 0 saturated heterocycles. The van der Waals surface area contributed by atoms with Crippen molar-refractivity contribution in [3.8, 4) is 28.7 Å². The Hall–Kier alpha value is -3.82. The minimum atomic E-state index is -0.440. The lowest BCUT2D eigenvalue weighted by Crippen LogP contribution is -2.34. The van der Waals surface area contributed by atoms with Crippen molar-refractivity contribution in [2.24, 2.45) is 0 Å². The predicted molar refractivity (Wildman–Crippen MR) is 134 cm³/mol. The average Bonchev–Trinajstić information content (AvgIpc) is 3.26. The maximum Gasteiger partial charge on any atom is 0.257 e. The van der Waals surface area contributed by atoms with Gasteiger partial charge in [0.2, 0.25) is 11.6 Å². The summed E-state index contributed by atoms with van der Waals surface area (Å²) < 4.78 is 21.7. The van der Waals surface area contributed by atoms with E-state index in [1.54, 1.807) is 42.5 Å². The molecule has 2 N–H and O–H groups in total. The van der Waals surface area contributed by atoms with Crippen LogP contribution in [0.2, 0.25) is 5.02 Å². The molecule has 34 heavy (non-hydrogen) atoms. The molecule has 0 aliphatic heterocycles. The van der Waals surface area contributed by atoms with Crippen LogP contribution in [0.25, 0.3) is 22.6 Å². The van der Waals surface area contributed by atoms with Crippen molar-refractivity contribution in [3.05, 3.63) is 65.2 Å². The number of hydrogen-bond acceptors (Lipinski definition) is 7. The summed E-state index contributed by atoms with van der Waals surface area (Å²) in [6.07, 6.45) is 0. The fourth-order valence-electron chi connectivity index (χ4n) is 3.27. The van der Waals surface area contributed by atoms with E-state index in [-0.39, 0.29) is 5.11 Å². The number of hydrogen-bond donors (Lipinski definition) is 2. The minimum absolute atomic E-state index is 0.111. The second kappa shape index (κ2) is 9.98. The van der Waals surface area contributed by atoms with E-state index >= 15 is 0 Å². The SMILES string of the molecule is COc1cc(C(=O)NC(=S)Nc2ccc3oc(-c4ccc(Cl)cc4)nc3c2)cc(OC)c1OC. The van der Waals surface area contributed by atoms with Crippen molar-refractivity contribution in [2.75, 3.05) is 26.6 Å². The number of amides is 1. The third-order valence-corrected chi connectivity index (χ3v) is 5.35. The van der Waals surface area contributed by atoms with E-state index in [2.05, 4.69) is 15.6 Å². The normalized spacial score (nSPS) is 10.6. The number of rotatable bonds is 6. The Balaban J connectivity index is 1.49. The van der Waals surface area contributed by atoms with E-state index in [1.165, 1.54) is 21.3 Å². The molecule has 4 rings (SSSR count). The Kier molecular flexibility index (Phi) is 6.85. The molecule has 1 heterocycles. The fraction of sp³-hybridized carbons (Fsp3) is 0.125. The number of ether oxygens (including phenoxy) is 3. The smallest absolute Gasteiger partial charge is 0.257 e. The number of methoxy groups -OCH3 is 3. The van der Waals surface area contributed by atoms with Gasteiger partial charge in [-0.1, -0.05) is 11.6 Å². The van der Waals surface area contributed by atoms with Crippen molar-refractivity contribution < 1.29 is 23.4 Å². The second-order valence-corrected chi connectivity index (χ2v) is 7.88. The molecule has 1 amide bonds. The first kappa shape index (κ1) is 23.3. The molecule has 0 unspecified atom stereocenters. The summed E-state index contributed by atoms with van der Waals surface area (Å²) in [6.45, 7) is 0. The number of fused-ring (bicyclic) bond motifs is 1. The van der Waals surface area contributed by atoms with Crippen molar-refractivity contribution >= 4 is 51.6 Å². The van der Waals surface area contributed by atoms with Crippen LogP contribution in [-0.4, -0.2) is 37.3 Å². The Morgan fingerprint density at radius 1 is 0.971 bits per heavy atom. The summed E-state index contributed by atoms with van der Waals surface area (Å²) in [5.41, 5.74) is 2.98. The highest BCUT2D eigenvalue weighted by atomic mass is 35.5. The summed E-state index contributed by atoms with van der Waals surface area (Å²) in [5.74, 6) is 1.14. The van der Waals surface area contributed by atoms with E-state index < -0.39 is 5.91 Å². The average molecular weight is 498 g/mol. The van der Waals surface area contributed by atoms with Gasteiger partial charge in [-0.3, -0.25) is 10.1 Å². The number of nitrogens with zero attached hydrogens (tertiary/aromatic N) is 1. The van der Waals surface area contributed by atoms with Gasteiger partial charge >= 0.3 is 0 Å². The highest BCUT2D eigenvalue weighted by Gasteiger charge is 2.18. The summed E-state index contributed by atoms with van der Waals surface area (Å²) >= 11 is 11.3. The molecule has 0 fully saturated rings. The predicted octanol–water partition coefficient (Wildman–Crippen LogP) is 5.30. The number of halogens is 1. The van der Waals surface area contributed by atoms with Gasteiger partial charge in [0.25, 0.3) is 5.91 Å². The van der Waals surface area contributed by atoms with Gasteiger partial charge in [0.15, 0.2) is 22.2 Å². The zero-order valence-corrected chi connectivity index (χ0v) is 20.0. The largest absolute Gasteiger partial charge is 0.493 e. The Morgan fingerprint density at radius 2 is 1.65 bits per heavy atom. The van der Waals surface area contributed by atoms with Crippen LogP contribution >= 0.6 is 23.8 Å². The monoisotopic (exact) mass is 497 g/mol. The highest BCUT2D eigenvalue weighted by molar-refractivity contribution is 7.80. The quantitative estimate of drug-likeness (QED) is 0.346. The van der Waals surface area contributed by atoms with E-state index in [0.717, 1.165) is 5.56 Å². The molecule has 4 aromatic rings. The van der Waals surface area contributed by atoms with Crippen LogP contribution in [0.1, 0.15) is 10.4 Å². The van der Waals surface area contributed by atoms with E-state index in [9.17, 15) is 4.79 Å². The summed E-state index contributed by atoms with van der Waals surface area (Å²) in [4.78, 5) is 17.3. The fourth-order valence-corrected chi connectivity index (χ4v) is 3.61. The Bertz CT molecular complexity index is 1350. The molecule has 0 bridgehead atoms. The Morgan fingerprint density at radius 3 is 2.26 bits per heavy atom. The molecular formula is C24H20ClN3O5S. The van der Waals surface area contributed by atoms with Crippen LogP contribution in [0.3, 0.4) is 0 Å². The number of anilines is 1.